The van der Waals surface area contributed by atoms with Crippen LogP contribution in [-0.4, -0.2) is 53.7 Å². The average Bonchev–Trinajstić information content (AvgIpc) is 2.86. The summed E-state index contributed by atoms with van der Waals surface area (Å²) in [6.07, 6.45) is 4.01. The maximum Gasteiger partial charge on any atom is 0.335 e. The Morgan fingerprint density at radius 3 is 3.11 bits per heavy atom. The van der Waals surface area contributed by atoms with Gasteiger partial charge in [0.25, 0.3) is 0 Å². The summed E-state index contributed by atoms with van der Waals surface area (Å²) < 4.78 is 0. The van der Waals surface area contributed by atoms with E-state index in [1.165, 1.54) is 18.9 Å². The molecule has 2 heterocycles. The summed E-state index contributed by atoms with van der Waals surface area (Å²) in [5.74, 6) is -0.184. The summed E-state index contributed by atoms with van der Waals surface area (Å²) in [6, 6.07) is 3.70. The lowest BCUT2D eigenvalue weighted by Gasteiger charge is -2.28. The number of carbonyl (C=O) groups is 1. The van der Waals surface area contributed by atoms with E-state index >= 15 is 0 Å². The molecule has 1 aromatic heterocycles. The van der Waals surface area contributed by atoms with Gasteiger partial charge in [0.1, 0.15) is 5.82 Å². The van der Waals surface area contributed by atoms with E-state index in [1.54, 1.807) is 12.3 Å². The molecule has 1 N–H and O–H groups in total. The molecule has 0 spiro atoms. The van der Waals surface area contributed by atoms with E-state index in [9.17, 15) is 4.79 Å². The molecule has 5 heteroatoms. The number of hydrogen-bond donors (Lipinski definition) is 1. The van der Waals surface area contributed by atoms with Crippen molar-refractivity contribution in [2.45, 2.75) is 25.8 Å². The Labute approximate surface area is 113 Å². The summed E-state index contributed by atoms with van der Waals surface area (Å²) in [4.78, 5) is 19.7. The largest absolute Gasteiger partial charge is 0.478 e. The number of anilines is 1. The Bertz CT molecular complexity index is 450. The van der Waals surface area contributed by atoms with E-state index in [1.807, 2.05) is 11.9 Å². The van der Waals surface area contributed by atoms with Crippen molar-refractivity contribution in [1.29, 1.82) is 0 Å². The van der Waals surface area contributed by atoms with Gasteiger partial charge in [-0.3, -0.25) is 4.90 Å². The highest BCUT2D eigenvalue weighted by Gasteiger charge is 2.24. The fourth-order valence-electron chi connectivity index (χ4n) is 2.69. The van der Waals surface area contributed by atoms with Gasteiger partial charge in [0.15, 0.2) is 0 Å². The van der Waals surface area contributed by atoms with Gasteiger partial charge >= 0.3 is 5.97 Å². The van der Waals surface area contributed by atoms with E-state index in [-0.39, 0.29) is 5.56 Å². The monoisotopic (exact) mass is 263 g/mol. The molecule has 0 amide bonds. The van der Waals surface area contributed by atoms with Gasteiger partial charge in [0.2, 0.25) is 0 Å². The molecule has 0 saturated carbocycles. The van der Waals surface area contributed by atoms with Crippen molar-refractivity contribution >= 4 is 11.8 Å². The molecule has 0 aromatic carbocycles. The van der Waals surface area contributed by atoms with Gasteiger partial charge in [-0.15, -0.1) is 0 Å². The summed E-state index contributed by atoms with van der Waals surface area (Å²) >= 11 is 0. The molecular formula is C14H21N3O2. The third kappa shape index (κ3) is 3.23. The number of nitrogens with zero attached hydrogens (tertiary/aromatic N) is 3. The van der Waals surface area contributed by atoms with Crippen LogP contribution in [0.25, 0.3) is 0 Å². The van der Waals surface area contributed by atoms with Gasteiger partial charge in [-0.1, -0.05) is 6.92 Å². The lowest BCUT2D eigenvalue weighted by Crippen LogP contribution is -2.39. The lowest BCUT2D eigenvalue weighted by molar-refractivity contribution is 0.0697. The van der Waals surface area contributed by atoms with Crippen LogP contribution in [-0.2, 0) is 0 Å². The van der Waals surface area contributed by atoms with E-state index in [0.29, 0.717) is 6.04 Å². The zero-order chi connectivity index (χ0) is 13.8. The number of carboxylic acids is 1. The van der Waals surface area contributed by atoms with Crippen LogP contribution >= 0.6 is 0 Å². The smallest absolute Gasteiger partial charge is 0.335 e. The lowest BCUT2D eigenvalue weighted by atomic mass is 10.2. The number of rotatable bonds is 5. The van der Waals surface area contributed by atoms with Gasteiger partial charge in [0.05, 0.1) is 5.56 Å². The van der Waals surface area contributed by atoms with Crippen LogP contribution in [0, 0.1) is 0 Å². The third-order valence-corrected chi connectivity index (χ3v) is 3.77. The van der Waals surface area contributed by atoms with E-state index in [4.69, 9.17) is 5.11 Å². The Morgan fingerprint density at radius 1 is 1.63 bits per heavy atom. The first-order valence-electron chi connectivity index (χ1n) is 6.76. The molecule has 19 heavy (non-hydrogen) atoms. The van der Waals surface area contributed by atoms with E-state index in [0.717, 1.165) is 25.5 Å². The molecule has 5 nitrogen and oxygen atoms in total. The van der Waals surface area contributed by atoms with Gasteiger partial charge in [-0.05, 0) is 38.1 Å². The molecule has 1 atom stereocenters. The highest BCUT2D eigenvalue weighted by Crippen LogP contribution is 2.19. The minimum absolute atomic E-state index is 0.288. The molecular weight excluding hydrogens is 242 g/mol. The average molecular weight is 263 g/mol. The summed E-state index contributed by atoms with van der Waals surface area (Å²) in [7, 11) is 1.97. The highest BCUT2D eigenvalue weighted by molar-refractivity contribution is 5.88. The minimum Gasteiger partial charge on any atom is -0.478 e. The first-order chi connectivity index (χ1) is 9.11. The van der Waals surface area contributed by atoms with Crippen LogP contribution in [0.2, 0.25) is 0 Å². The minimum atomic E-state index is -0.909. The Balaban J connectivity index is 2.05. The number of pyridine rings is 1. The van der Waals surface area contributed by atoms with E-state index in [2.05, 4.69) is 16.8 Å². The second-order valence-corrected chi connectivity index (χ2v) is 5.01. The van der Waals surface area contributed by atoms with Crippen LogP contribution in [0.5, 0.6) is 0 Å². The zero-order valence-electron chi connectivity index (χ0n) is 11.5. The molecule has 104 valence electrons. The van der Waals surface area contributed by atoms with Crippen LogP contribution in [0.3, 0.4) is 0 Å². The molecule has 1 aliphatic rings. The fraction of sp³-hybridized carbons (Fsp3) is 0.571. The maximum atomic E-state index is 11.0. The summed E-state index contributed by atoms with van der Waals surface area (Å²) in [6.45, 7) is 5.31. The van der Waals surface area contributed by atoms with Crippen LogP contribution in [0.15, 0.2) is 18.3 Å². The quantitative estimate of drug-likeness (QED) is 0.876. The molecule has 0 aliphatic carbocycles. The molecule has 1 aliphatic heterocycles. The summed E-state index contributed by atoms with van der Waals surface area (Å²) in [5.41, 5.74) is 0.288. The van der Waals surface area contributed by atoms with Gasteiger partial charge < -0.3 is 10.0 Å². The highest BCUT2D eigenvalue weighted by atomic mass is 16.4. The topological polar surface area (TPSA) is 56.7 Å². The predicted octanol–water partition coefficient (Wildman–Crippen LogP) is 1.70. The van der Waals surface area contributed by atoms with Gasteiger partial charge in [0, 0.05) is 25.8 Å². The number of likely N-dealkylation sites (N-methyl/N-ethyl adjacent to an activating group) is 2. The van der Waals surface area contributed by atoms with Crippen molar-refractivity contribution in [2.75, 3.05) is 31.6 Å². The van der Waals surface area contributed by atoms with Crippen molar-refractivity contribution in [1.82, 2.24) is 9.88 Å². The van der Waals surface area contributed by atoms with Crippen molar-refractivity contribution in [3.8, 4) is 0 Å². The van der Waals surface area contributed by atoms with Crippen LogP contribution in [0.4, 0.5) is 5.82 Å². The second kappa shape index (κ2) is 6.02. The zero-order valence-corrected chi connectivity index (χ0v) is 11.5. The first-order valence-corrected chi connectivity index (χ1v) is 6.76. The molecule has 0 bridgehead atoms. The standard InChI is InChI=1S/C14H21N3O2/c1-3-17-8-4-5-12(17)10-16(2)13-9-11(14(18)19)6-7-15-13/h6-7,9,12H,3-5,8,10H2,1-2H3,(H,18,19). The summed E-state index contributed by atoms with van der Waals surface area (Å²) in [5, 5.41) is 9.00. The number of likely N-dealkylation sites (tertiary alicyclic amines) is 1. The Hall–Kier alpha value is -1.62. The van der Waals surface area contributed by atoms with Gasteiger partial charge in [-0.25, -0.2) is 9.78 Å². The fourth-order valence-corrected chi connectivity index (χ4v) is 2.69. The first kappa shape index (κ1) is 13.8. The number of aromatic nitrogens is 1. The molecule has 1 aromatic rings. The van der Waals surface area contributed by atoms with Crippen molar-refractivity contribution in [3.63, 3.8) is 0 Å². The van der Waals surface area contributed by atoms with Crippen molar-refractivity contribution < 1.29 is 9.90 Å². The van der Waals surface area contributed by atoms with Crippen molar-refractivity contribution in [3.05, 3.63) is 23.9 Å². The van der Waals surface area contributed by atoms with Crippen LogP contribution in [0.1, 0.15) is 30.1 Å². The predicted molar refractivity (Wildman–Crippen MR) is 74.7 cm³/mol. The third-order valence-electron chi connectivity index (χ3n) is 3.77. The molecule has 2 rings (SSSR count). The molecule has 1 saturated heterocycles. The Morgan fingerprint density at radius 2 is 2.42 bits per heavy atom. The van der Waals surface area contributed by atoms with Gasteiger partial charge in [-0.2, -0.15) is 0 Å². The van der Waals surface area contributed by atoms with E-state index < -0.39 is 5.97 Å². The number of aromatic carboxylic acids is 1. The van der Waals surface area contributed by atoms with Crippen molar-refractivity contribution in [2.24, 2.45) is 0 Å². The maximum absolute atomic E-state index is 11.0. The second-order valence-electron chi connectivity index (χ2n) is 5.01. The molecule has 0 radical (unpaired) electrons. The molecule has 1 unspecified atom stereocenters. The number of carboxylic acid groups (broad SMARTS) is 1. The van der Waals surface area contributed by atoms with Crippen LogP contribution < -0.4 is 4.90 Å². The normalized spacial score (nSPS) is 19.6. The Kier molecular flexibility index (Phi) is 4.37. The number of hydrogen-bond acceptors (Lipinski definition) is 4. The molecule has 1 fully saturated rings. The SMILES string of the molecule is CCN1CCCC1CN(C)c1cc(C(=O)O)ccn1.